The smallest absolute Gasteiger partial charge is 0.414 e. The van der Waals surface area contributed by atoms with Crippen LogP contribution in [-0.2, 0) is 11.3 Å². The fourth-order valence-corrected chi connectivity index (χ4v) is 3.14. The van der Waals surface area contributed by atoms with Crippen molar-refractivity contribution in [3.63, 3.8) is 0 Å². The zero-order valence-corrected chi connectivity index (χ0v) is 14.5. The van der Waals surface area contributed by atoms with Crippen molar-refractivity contribution in [1.82, 2.24) is 9.55 Å². The van der Waals surface area contributed by atoms with Gasteiger partial charge in [0.15, 0.2) is 0 Å². The highest BCUT2D eigenvalue weighted by Gasteiger charge is 2.30. The SMILES string of the molecule is CC(C)OC(=O)N1Cc2c(-c3ccc(F)cc3)ncn2-c2ccccc21. The summed E-state index contributed by atoms with van der Waals surface area (Å²) in [5.74, 6) is -0.297. The molecule has 0 radical (unpaired) electrons. The van der Waals surface area contributed by atoms with E-state index < -0.39 is 6.09 Å². The molecule has 1 aliphatic rings. The van der Waals surface area contributed by atoms with E-state index in [1.54, 1.807) is 23.4 Å². The molecule has 0 saturated carbocycles. The summed E-state index contributed by atoms with van der Waals surface area (Å²) in [6.45, 7) is 3.97. The third-order valence-corrected chi connectivity index (χ3v) is 4.28. The summed E-state index contributed by atoms with van der Waals surface area (Å²) in [5.41, 5.74) is 4.01. The van der Waals surface area contributed by atoms with Gasteiger partial charge in [-0.2, -0.15) is 0 Å². The van der Waals surface area contributed by atoms with Crippen molar-refractivity contribution in [2.24, 2.45) is 0 Å². The molecule has 0 aliphatic carbocycles. The van der Waals surface area contributed by atoms with Crippen LogP contribution in [0.2, 0.25) is 0 Å². The number of rotatable bonds is 2. The third kappa shape index (κ3) is 2.73. The molecule has 0 spiro atoms. The minimum atomic E-state index is -0.398. The molecule has 0 atom stereocenters. The van der Waals surface area contributed by atoms with Crippen molar-refractivity contribution in [3.8, 4) is 16.9 Å². The van der Waals surface area contributed by atoms with E-state index in [-0.39, 0.29) is 11.9 Å². The van der Waals surface area contributed by atoms with Gasteiger partial charge in [-0.25, -0.2) is 14.2 Å². The van der Waals surface area contributed by atoms with Gasteiger partial charge < -0.3 is 4.74 Å². The van der Waals surface area contributed by atoms with E-state index in [0.717, 1.165) is 28.3 Å². The number of benzene rings is 2. The molecule has 5 nitrogen and oxygen atoms in total. The Bertz CT molecular complexity index is 963. The molecule has 0 saturated heterocycles. The Hall–Kier alpha value is -3.15. The lowest BCUT2D eigenvalue weighted by molar-refractivity contribution is 0.122. The second-order valence-corrected chi connectivity index (χ2v) is 6.42. The van der Waals surface area contributed by atoms with Crippen molar-refractivity contribution in [1.29, 1.82) is 0 Å². The molecule has 0 N–H and O–H groups in total. The zero-order valence-electron chi connectivity index (χ0n) is 14.5. The number of ether oxygens (including phenoxy) is 1. The molecule has 0 bridgehead atoms. The van der Waals surface area contributed by atoms with Gasteiger partial charge in [0.2, 0.25) is 0 Å². The van der Waals surface area contributed by atoms with Gasteiger partial charge in [-0.05, 0) is 50.2 Å². The molecular formula is C20H18FN3O2. The summed E-state index contributed by atoms with van der Waals surface area (Å²) in [6.07, 6.45) is 1.13. The van der Waals surface area contributed by atoms with Crippen LogP contribution in [0, 0.1) is 5.82 Å². The lowest BCUT2D eigenvalue weighted by Crippen LogP contribution is -2.36. The Morgan fingerprint density at radius 2 is 1.81 bits per heavy atom. The van der Waals surface area contributed by atoms with E-state index in [0.29, 0.717) is 6.54 Å². The molecule has 1 amide bonds. The Labute approximate surface area is 150 Å². The van der Waals surface area contributed by atoms with E-state index in [4.69, 9.17) is 4.74 Å². The first-order chi connectivity index (χ1) is 12.5. The van der Waals surface area contributed by atoms with Crippen LogP contribution in [-0.4, -0.2) is 21.7 Å². The van der Waals surface area contributed by atoms with Gasteiger partial charge in [-0.3, -0.25) is 9.47 Å². The summed E-state index contributed by atoms with van der Waals surface area (Å²) in [7, 11) is 0. The molecular weight excluding hydrogens is 333 g/mol. The predicted molar refractivity (Wildman–Crippen MR) is 96.8 cm³/mol. The van der Waals surface area contributed by atoms with Gasteiger partial charge >= 0.3 is 6.09 Å². The van der Waals surface area contributed by atoms with Gasteiger partial charge in [-0.15, -0.1) is 0 Å². The molecule has 2 aromatic carbocycles. The maximum Gasteiger partial charge on any atom is 0.414 e. The first-order valence-electron chi connectivity index (χ1n) is 8.44. The maximum absolute atomic E-state index is 13.3. The number of halogens is 1. The minimum Gasteiger partial charge on any atom is -0.446 e. The van der Waals surface area contributed by atoms with E-state index in [2.05, 4.69) is 4.98 Å². The zero-order chi connectivity index (χ0) is 18.3. The largest absolute Gasteiger partial charge is 0.446 e. The number of imidazole rings is 1. The van der Waals surface area contributed by atoms with Crippen molar-refractivity contribution < 1.29 is 13.9 Å². The van der Waals surface area contributed by atoms with E-state index >= 15 is 0 Å². The molecule has 4 rings (SSSR count). The summed E-state index contributed by atoms with van der Waals surface area (Å²) in [5, 5.41) is 0. The highest BCUT2D eigenvalue weighted by atomic mass is 19.1. The van der Waals surface area contributed by atoms with Gasteiger partial charge in [-0.1, -0.05) is 12.1 Å². The van der Waals surface area contributed by atoms with Crippen molar-refractivity contribution in [3.05, 3.63) is 66.4 Å². The number of nitrogens with zero attached hydrogens (tertiary/aromatic N) is 3. The predicted octanol–water partition coefficient (Wildman–Crippen LogP) is 4.54. The number of carbonyl (C=O) groups is 1. The summed E-state index contributed by atoms with van der Waals surface area (Å²) < 4.78 is 20.6. The molecule has 1 aromatic heterocycles. The van der Waals surface area contributed by atoms with Crippen molar-refractivity contribution in [2.75, 3.05) is 4.90 Å². The number of hydrogen-bond donors (Lipinski definition) is 0. The number of anilines is 1. The highest BCUT2D eigenvalue weighted by Crippen LogP contribution is 2.36. The quantitative estimate of drug-likeness (QED) is 0.681. The van der Waals surface area contributed by atoms with Crippen LogP contribution in [0.15, 0.2) is 54.9 Å². The Morgan fingerprint density at radius 1 is 1.12 bits per heavy atom. The number of carbonyl (C=O) groups excluding carboxylic acids is 1. The van der Waals surface area contributed by atoms with Gasteiger partial charge in [0, 0.05) is 5.56 Å². The van der Waals surface area contributed by atoms with Crippen LogP contribution < -0.4 is 4.90 Å². The van der Waals surface area contributed by atoms with Gasteiger partial charge in [0.05, 0.1) is 35.4 Å². The molecule has 3 aromatic rings. The Kier molecular flexibility index (Phi) is 3.95. The van der Waals surface area contributed by atoms with E-state index in [1.165, 1.54) is 12.1 Å². The van der Waals surface area contributed by atoms with Gasteiger partial charge in [0.1, 0.15) is 12.1 Å². The van der Waals surface area contributed by atoms with Crippen LogP contribution in [0.25, 0.3) is 16.9 Å². The fourth-order valence-electron chi connectivity index (χ4n) is 3.14. The van der Waals surface area contributed by atoms with E-state index in [1.807, 2.05) is 42.7 Å². The molecule has 2 heterocycles. The number of para-hydroxylation sites is 2. The van der Waals surface area contributed by atoms with E-state index in [9.17, 15) is 9.18 Å². The maximum atomic E-state index is 13.3. The average molecular weight is 351 g/mol. The number of hydrogen-bond acceptors (Lipinski definition) is 3. The molecule has 26 heavy (non-hydrogen) atoms. The highest BCUT2D eigenvalue weighted by molar-refractivity contribution is 5.92. The normalized spacial score (nSPS) is 12.7. The molecule has 132 valence electrons. The number of fused-ring (bicyclic) bond motifs is 3. The van der Waals surface area contributed by atoms with Crippen molar-refractivity contribution >= 4 is 11.8 Å². The van der Waals surface area contributed by atoms with Crippen LogP contribution in [0.5, 0.6) is 0 Å². The van der Waals surface area contributed by atoms with Crippen LogP contribution in [0.3, 0.4) is 0 Å². The lowest BCUT2D eigenvalue weighted by atomic mass is 10.1. The second-order valence-electron chi connectivity index (χ2n) is 6.42. The second kappa shape index (κ2) is 6.29. The first kappa shape index (κ1) is 16.3. The fraction of sp³-hybridized carbons (Fsp3) is 0.200. The number of amides is 1. The third-order valence-electron chi connectivity index (χ3n) is 4.28. The Balaban J connectivity index is 1.82. The Morgan fingerprint density at radius 3 is 2.50 bits per heavy atom. The standard InChI is InChI=1S/C20H18FN3O2/c1-13(2)26-20(25)23-11-18-19(14-7-9-15(21)10-8-14)22-12-24(18)17-6-4-3-5-16(17)23/h3-10,12-13H,11H2,1-2H3. The summed E-state index contributed by atoms with van der Waals surface area (Å²) >= 11 is 0. The van der Waals surface area contributed by atoms with Crippen LogP contribution in [0.1, 0.15) is 19.5 Å². The van der Waals surface area contributed by atoms with Crippen LogP contribution in [0.4, 0.5) is 14.9 Å². The minimum absolute atomic E-state index is 0.210. The molecule has 6 heteroatoms. The monoisotopic (exact) mass is 351 g/mol. The summed E-state index contributed by atoms with van der Waals surface area (Å²) in [4.78, 5) is 18.7. The summed E-state index contributed by atoms with van der Waals surface area (Å²) in [6, 6.07) is 13.8. The van der Waals surface area contributed by atoms with Crippen molar-refractivity contribution in [2.45, 2.75) is 26.5 Å². The molecule has 1 aliphatic heterocycles. The molecule has 0 fully saturated rings. The first-order valence-corrected chi connectivity index (χ1v) is 8.44. The average Bonchev–Trinajstić information content (AvgIpc) is 3.05. The van der Waals surface area contributed by atoms with Gasteiger partial charge in [0.25, 0.3) is 0 Å². The molecule has 0 unspecified atom stereocenters. The lowest BCUT2D eigenvalue weighted by Gasteiger charge is -2.30. The van der Waals surface area contributed by atoms with Crippen LogP contribution >= 0.6 is 0 Å². The topological polar surface area (TPSA) is 47.4 Å². The number of aromatic nitrogens is 2.